The quantitative estimate of drug-likeness (QED) is 0.395. The van der Waals surface area contributed by atoms with Gasteiger partial charge in [-0.25, -0.2) is 4.99 Å². The van der Waals surface area contributed by atoms with Gasteiger partial charge in [-0.3, -0.25) is 0 Å². The van der Waals surface area contributed by atoms with Gasteiger partial charge in [0.25, 0.3) is 0 Å². The molecule has 1 rings (SSSR count). The number of hydrogen-bond donors (Lipinski definition) is 0. The summed E-state index contributed by atoms with van der Waals surface area (Å²) in [7, 11) is 0. The smallest absolute Gasteiger partial charge is 0.0584 e. The minimum Gasteiger partial charge on any atom is -0.301 e. The fourth-order valence-corrected chi connectivity index (χ4v) is 2.13. The number of unbranched alkanes of at least 4 members (excludes halogenated alkanes) is 1. The van der Waals surface area contributed by atoms with Crippen molar-refractivity contribution in [3.8, 4) is 0 Å². The topological polar surface area (TPSA) is 15.6 Å². The van der Waals surface area contributed by atoms with E-state index in [0.717, 1.165) is 19.0 Å². The van der Waals surface area contributed by atoms with Gasteiger partial charge in [0.15, 0.2) is 0 Å². The molecule has 1 aliphatic rings. The predicted octanol–water partition coefficient (Wildman–Crippen LogP) is 2.74. The third-order valence-electron chi connectivity index (χ3n) is 2.97. The molecular formula is C11H20N2S. The molecule has 0 amide bonds. The van der Waals surface area contributed by atoms with Crippen molar-refractivity contribution in [2.24, 2.45) is 4.99 Å². The second-order valence-corrected chi connectivity index (χ2v) is 4.24. The molecule has 1 unspecified atom stereocenters. The molecule has 1 heterocycles. The van der Waals surface area contributed by atoms with Crippen LogP contribution >= 0.6 is 12.2 Å². The van der Waals surface area contributed by atoms with E-state index in [-0.39, 0.29) is 0 Å². The molecule has 0 aromatic carbocycles. The molecule has 0 aromatic heterocycles. The number of aliphatic imine (C=N–C) groups is 1. The van der Waals surface area contributed by atoms with E-state index >= 15 is 0 Å². The van der Waals surface area contributed by atoms with Gasteiger partial charge in [0, 0.05) is 12.6 Å². The molecule has 0 aromatic rings. The van der Waals surface area contributed by atoms with Gasteiger partial charge in [-0.2, -0.15) is 0 Å². The minimum atomic E-state index is 0.790. The average molecular weight is 212 g/mol. The molecule has 2 nitrogen and oxygen atoms in total. The van der Waals surface area contributed by atoms with Gasteiger partial charge in [-0.05, 0) is 57.9 Å². The molecular weight excluding hydrogens is 192 g/mol. The highest BCUT2D eigenvalue weighted by Crippen LogP contribution is 2.16. The number of isothiocyanates is 1. The van der Waals surface area contributed by atoms with E-state index in [0.29, 0.717) is 0 Å². The Morgan fingerprint density at radius 1 is 1.43 bits per heavy atom. The zero-order chi connectivity index (χ0) is 10.2. The highest BCUT2D eigenvalue weighted by Gasteiger charge is 2.16. The van der Waals surface area contributed by atoms with Crippen molar-refractivity contribution in [2.45, 2.75) is 45.1 Å². The molecule has 0 saturated carbocycles. The summed E-state index contributed by atoms with van der Waals surface area (Å²) in [5.41, 5.74) is 0. The van der Waals surface area contributed by atoms with Crippen molar-refractivity contribution in [3.05, 3.63) is 0 Å². The maximum atomic E-state index is 4.52. The molecule has 80 valence electrons. The van der Waals surface area contributed by atoms with Crippen LogP contribution in [0.2, 0.25) is 0 Å². The van der Waals surface area contributed by atoms with Crippen LogP contribution in [0.3, 0.4) is 0 Å². The van der Waals surface area contributed by atoms with Crippen molar-refractivity contribution in [1.82, 2.24) is 4.90 Å². The molecule has 1 saturated heterocycles. The average Bonchev–Trinajstić information content (AvgIpc) is 2.20. The normalized spacial score (nSPS) is 23.1. The first-order valence-corrected chi connectivity index (χ1v) is 6.03. The largest absolute Gasteiger partial charge is 0.301 e. The molecule has 1 aliphatic heterocycles. The third-order valence-corrected chi connectivity index (χ3v) is 3.10. The van der Waals surface area contributed by atoms with Gasteiger partial charge in [0.05, 0.1) is 5.16 Å². The highest BCUT2D eigenvalue weighted by molar-refractivity contribution is 7.78. The van der Waals surface area contributed by atoms with Crippen LogP contribution in [0.1, 0.15) is 39.0 Å². The van der Waals surface area contributed by atoms with Crippen LogP contribution in [0.15, 0.2) is 4.99 Å². The lowest BCUT2D eigenvalue weighted by Crippen LogP contribution is -2.38. The van der Waals surface area contributed by atoms with Crippen molar-refractivity contribution < 1.29 is 0 Å². The van der Waals surface area contributed by atoms with Gasteiger partial charge in [0.2, 0.25) is 0 Å². The number of thiocarbonyl (C=S) groups is 1. The fraction of sp³-hybridized carbons (Fsp3) is 0.909. The van der Waals surface area contributed by atoms with E-state index in [2.05, 4.69) is 34.2 Å². The molecule has 0 radical (unpaired) electrons. The standard InChI is InChI=1S/C11H20N2S/c1-11-6-2-4-8-13(11)9-5-3-7-12-10-14/h11H,2-9H2,1H3. The Morgan fingerprint density at radius 2 is 2.29 bits per heavy atom. The first kappa shape index (κ1) is 11.8. The van der Waals surface area contributed by atoms with Gasteiger partial charge in [-0.15, -0.1) is 0 Å². The van der Waals surface area contributed by atoms with Crippen molar-refractivity contribution in [3.63, 3.8) is 0 Å². The van der Waals surface area contributed by atoms with Crippen molar-refractivity contribution in [1.29, 1.82) is 0 Å². The maximum absolute atomic E-state index is 4.52. The second-order valence-electron chi connectivity index (χ2n) is 4.06. The highest BCUT2D eigenvalue weighted by atomic mass is 32.1. The SMILES string of the molecule is CC1CCCCN1CCCCN=C=S. The number of likely N-dealkylation sites (tertiary alicyclic amines) is 1. The minimum absolute atomic E-state index is 0.790. The zero-order valence-corrected chi connectivity index (χ0v) is 9.85. The first-order chi connectivity index (χ1) is 6.84. The number of hydrogen-bond acceptors (Lipinski definition) is 3. The van der Waals surface area contributed by atoms with Crippen LogP contribution < -0.4 is 0 Å². The number of nitrogens with zero attached hydrogens (tertiary/aromatic N) is 2. The van der Waals surface area contributed by atoms with Crippen LogP contribution in [0.5, 0.6) is 0 Å². The summed E-state index contributed by atoms with van der Waals surface area (Å²) >= 11 is 4.52. The Labute approximate surface area is 92.4 Å². The third kappa shape index (κ3) is 4.32. The molecule has 0 N–H and O–H groups in total. The van der Waals surface area contributed by atoms with E-state index in [9.17, 15) is 0 Å². The molecule has 0 spiro atoms. The van der Waals surface area contributed by atoms with Gasteiger partial charge in [0.1, 0.15) is 0 Å². The van der Waals surface area contributed by atoms with E-state index < -0.39 is 0 Å². The number of rotatable bonds is 5. The molecule has 0 bridgehead atoms. The first-order valence-electron chi connectivity index (χ1n) is 5.62. The molecule has 1 atom stereocenters. The van der Waals surface area contributed by atoms with E-state index in [4.69, 9.17) is 0 Å². The van der Waals surface area contributed by atoms with E-state index in [1.165, 1.54) is 38.8 Å². The molecule has 3 heteroatoms. The predicted molar refractivity (Wildman–Crippen MR) is 64.0 cm³/mol. The van der Waals surface area contributed by atoms with Crippen LogP contribution in [0, 0.1) is 0 Å². The lowest BCUT2D eigenvalue weighted by atomic mass is 10.0. The Bertz CT molecular complexity index is 199. The lowest BCUT2D eigenvalue weighted by molar-refractivity contribution is 0.158. The van der Waals surface area contributed by atoms with E-state index in [1.54, 1.807) is 0 Å². The summed E-state index contributed by atoms with van der Waals surface area (Å²) < 4.78 is 0. The monoisotopic (exact) mass is 212 g/mol. The van der Waals surface area contributed by atoms with Gasteiger partial charge in [-0.1, -0.05) is 6.42 Å². The van der Waals surface area contributed by atoms with Crippen molar-refractivity contribution in [2.75, 3.05) is 19.6 Å². The van der Waals surface area contributed by atoms with Crippen molar-refractivity contribution >= 4 is 17.4 Å². The summed E-state index contributed by atoms with van der Waals surface area (Å²) in [6.45, 7) is 5.71. The summed E-state index contributed by atoms with van der Waals surface area (Å²) in [5.74, 6) is 0. The fourth-order valence-electron chi connectivity index (χ4n) is 2.04. The Kier molecular flexibility index (Phi) is 6.00. The molecule has 0 aliphatic carbocycles. The van der Waals surface area contributed by atoms with Crippen LogP contribution in [-0.2, 0) is 0 Å². The number of piperidine rings is 1. The summed E-state index contributed by atoms with van der Waals surface area (Å²) in [6, 6.07) is 0.790. The summed E-state index contributed by atoms with van der Waals surface area (Å²) in [4.78, 5) is 6.52. The zero-order valence-electron chi connectivity index (χ0n) is 9.04. The van der Waals surface area contributed by atoms with E-state index in [1.807, 2.05) is 0 Å². The van der Waals surface area contributed by atoms with Gasteiger partial charge < -0.3 is 4.90 Å². The Morgan fingerprint density at radius 3 is 3.00 bits per heavy atom. The summed E-state index contributed by atoms with van der Waals surface area (Å²) in [6.07, 6.45) is 6.55. The molecule has 1 fully saturated rings. The van der Waals surface area contributed by atoms with Gasteiger partial charge >= 0.3 is 0 Å². The maximum Gasteiger partial charge on any atom is 0.0584 e. The molecule has 14 heavy (non-hydrogen) atoms. The summed E-state index contributed by atoms with van der Waals surface area (Å²) in [5, 5.41) is 2.41. The second kappa shape index (κ2) is 7.10. The lowest BCUT2D eigenvalue weighted by Gasteiger charge is -2.33. The Hall–Kier alpha value is -0.240. The van der Waals surface area contributed by atoms with Crippen LogP contribution in [-0.4, -0.2) is 35.7 Å². The van der Waals surface area contributed by atoms with Crippen LogP contribution in [0.25, 0.3) is 0 Å². The Balaban J connectivity index is 2.07. The van der Waals surface area contributed by atoms with Crippen LogP contribution in [0.4, 0.5) is 0 Å².